The molecule has 122 valence electrons. The second kappa shape index (κ2) is 6.40. The third-order valence-electron chi connectivity index (χ3n) is 4.40. The lowest BCUT2D eigenvalue weighted by atomic mass is 9.99. The predicted octanol–water partition coefficient (Wildman–Crippen LogP) is 2.21. The van der Waals surface area contributed by atoms with Crippen LogP contribution in [0.2, 0.25) is 0 Å². The van der Waals surface area contributed by atoms with Crippen LogP contribution in [-0.2, 0) is 29.1 Å². The van der Waals surface area contributed by atoms with Gasteiger partial charge in [-0.05, 0) is 43.5 Å². The smallest absolute Gasteiger partial charge is 0.310 e. The fourth-order valence-corrected chi connectivity index (χ4v) is 2.80. The molecule has 0 N–H and O–H groups in total. The zero-order valence-electron chi connectivity index (χ0n) is 13.7. The first-order chi connectivity index (χ1) is 11.1. The van der Waals surface area contributed by atoms with Crippen molar-refractivity contribution in [2.75, 3.05) is 7.11 Å². The van der Waals surface area contributed by atoms with Crippen LogP contribution in [0.1, 0.15) is 29.2 Å². The first kappa shape index (κ1) is 15.5. The molecule has 0 saturated carbocycles. The van der Waals surface area contributed by atoms with Gasteiger partial charge in [-0.2, -0.15) is 0 Å². The quantitative estimate of drug-likeness (QED) is 0.809. The molecule has 1 aromatic carbocycles. The Bertz CT molecular complexity index is 724. The average Bonchev–Trinajstić information content (AvgIpc) is 2.97. The molecule has 0 saturated heterocycles. The van der Waals surface area contributed by atoms with Crippen LogP contribution in [0.25, 0.3) is 0 Å². The van der Waals surface area contributed by atoms with Crippen LogP contribution in [0.15, 0.2) is 18.2 Å². The number of ether oxygens (including phenoxy) is 2. The molecule has 6 heteroatoms. The van der Waals surface area contributed by atoms with Gasteiger partial charge in [-0.25, -0.2) is 0 Å². The molecule has 0 aliphatic carbocycles. The van der Waals surface area contributed by atoms with E-state index in [1.54, 1.807) is 0 Å². The monoisotopic (exact) mass is 315 g/mol. The van der Waals surface area contributed by atoms with Crippen LogP contribution in [0.4, 0.5) is 0 Å². The lowest BCUT2D eigenvalue weighted by Crippen LogP contribution is -2.29. The molecule has 1 aliphatic rings. The average molecular weight is 315 g/mol. The highest BCUT2D eigenvalue weighted by Crippen LogP contribution is 2.22. The van der Waals surface area contributed by atoms with E-state index in [0.717, 1.165) is 30.2 Å². The number of carbonyl (C=O) groups excluding carboxylic acids is 1. The second-order valence-corrected chi connectivity index (χ2v) is 5.94. The van der Waals surface area contributed by atoms with Crippen LogP contribution >= 0.6 is 0 Å². The molecule has 1 atom stereocenters. The number of hydrogen-bond donors (Lipinski definition) is 0. The number of esters is 1. The summed E-state index contributed by atoms with van der Waals surface area (Å²) in [6.45, 7) is 5.02. The maximum Gasteiger partial charge on any atom is 0.310 e. The third kappa shape index (κ3) is 3.21. The van der Waals surface area contributed by atoms with Gasteiger partial charge in [0.1, 0.15) is 18.2 Å². The summed E-state index contributed by atoms with van der Waals surface area (Å²) in [6, 6.07) is 6.00. The minimum Gasteiger partial charge on any atom is -0.486 e. The zero-order valence-corrected chi connectivity index (χ0v) is 13.7. The van der Waals surface area contributed by atoms with Crippen molar-refractivity contribution in [3.05, 3.63) is 41.0 Å². The maximum absolute atomic E-state index is 11.8. The molecule has 0 amide bonds. The molecule has 1 aromatic heterocycles. The van der Waals surface area contributed by atoms with E-state index >= 15 is 0 Å². The minimum atomic E-state index is -0.176. The number of methoxy groups -OCH3 is 1. The van der Waals surface area contributed by atoms with Gasteiger partial charge in [-0.1, -0.05) is 6.07 Å². The van der Waals surface area contributed by atoms with E-state index < -0.39 is 0 Å². The van der Waals surface area contributed by atoms with E-state index in [9.17, 15) is 4.79 Å². The Morgan fingerprint density at radius 2 is 2.13 bits per heavy atom. The molecule has 1 aliphatic heterocycles. The van der Waals surface area contributed by atoms with Gasteiger partial charge in [-0.3, -0.25) is 4.79 Å². The highest BCUT2D eigenvalue weighted by Gasteiger charge is 2.28. The summed E-state index contributed by atoms with van der Waals surface area (Å²) in [5.41, 5.74) is 2.43. The summed E-state index contributed by atoms with van der Waals surface area (Å²) in [5, 5.41) is 8.41. The van der Waals surface area contributed by atoms with Gasteiger partial charge in [0.2, 0.25) is 0 Å². The Balaban J connectivity index is 1.71. The Hall–Kier alpha value is -2.37. The summed E-state index contributed by atoms with van der Waals surface area (Å²) in [4.78, 5) is 11.8. The number of rotatable bonds is 4. The first-order valence-corrected chi connectivity index (χ1v) is 7.77. The molecule has 2 aromatic rings. The fraction of sp³-hybridized carbons (Fsp3) is 0.471. The lowest BCUT2D eigenvalue weighted by Gasteiger charge is -2.22. The number of nitrogens with zero attached hydrogens (tertiary/aromatic N) is 3. The molecule has 3 rings (SSSR count). The molecule has 1 unspecified atom stereocenters. The Morgan fingerprint density at radius 1 is 1.30 bits per heavy atom. The van der Waals surface area contributed by atoms with Gasteiger partial charge < -0.3 is 14.0 Å². The maximum atomic E-state index is 11.8. The highest BCUT2D eigenvalue weighted by molar-refractivity contribution is 5.72. The Kier molecular flexibility index (Phi) is 4.32. The van der Waals surface area contributed by atoms with Crippen molar-refractivity contribution in [3.63, 3.8) is 0 Å². The van der Waals surface area contributed by atoms with Crippen molar-refractivity contribution >= 4 is 5.97 Å². The summed E-state index contributed by atoms with van der Waals surface area (Å²) in [6.07, 6.45) is 1.49. The van der Waals surface area contributed by atoms with E-state index in [0.29, 0.717) is 13.2 Å². The van der Waals surface area contributed by atoms with Gasteiger partial charge in [-0.15, -0.1) is 10.2 Å². The number of aryl methyl sites for hydroxylation is 3. The molecule has 2 heterocycles. The molecule has 23 heavy (non-hydrogen) atoms. The fourth-order valence-electron chi connectivity index (χ4n) is 2.80. The van der Waals surface area contributed by atoms with Crippen LogP contribution in [0, 0.1) is 19.8 Å². The molecule has 6 nitrogen and oxygen atoms in total. The minimum absolute atomic E-state index is 0.135. The molecule has 0 spiro atoms. The molecular weight excluding hydrogens is 294 g/mol. The molecule has 0 radical (unpaired) electrons. The van der Waals surface area contributed by atoms with Gasteiger partial charge in [0.25, 0.3) is 0 Å². The molecule has 0 fully saturated rings. The predicted molar refractivity (Wildman–Crippen MR) is 84.1 cm³/mol. The zero-order chi connectivity index (χ0) is 16.4. The van der Waals surface area contributed by atoms with Crippen molar-refractivity contribution in [1.29, 1.82) is 0 Å². The van der Waals surface area contributed by atoms with E-state index in [2.05, 4.69) is 24.0 Å². The van der Waals surface area contributed by atoms with Crippen molar-refractivity contribution in [2.45, 2.75) is 39.8 Å². The summed E-state index contributed by atoms with van der Waals surface area (Å²) < 4.78 is 12.7. The molecule has 0 bridgehead atoms. The molecular formula is C17H21N3O3. The number of benzene rings is 1. The normalized spacial score (nSPS) is 16.7. The Morgan fingerprint density at radius 3 is 2.87 bits per heavy atom. The van der Waals surface area contributed by atoms with Gasteiger partial charge in [0, 0.05) is 13.0 Å². The summed E-state index contributed by atoms with van der Waals surface area (Å²) in [7, 11) is 1.42. The summed E-state index contributed by atoms with van der Waals surface area (Å²) >= 11 is 0. The van der Waals surface area contributed by atoms with Crippen LogP contribution < -0.4 is 4.74 Å². The standard InChI is InChI=1S/C17H21N3O3/c1-11-4-6-14(8-12(11)2)23-10-16-19-18-15-7-5-13(9-20(15)16)17(21)22-3/h4,6,8,13H,5,7,9-10H2,1-3H3. The van der Waals surface area contributed by atoms with Crippen molar-refractivity contribution in [3.8, 4) is 5.75 Å². The number of hydrogen-bond acceptors (Lipinski definition) is 5. The van der Waals surface area contributed by atoms with Crippen molar-refractivity contribution < 1.29 is 14.3 Å². The van der Waals surface area contributed by atoms with Crippen molar-refractivity contribution in [2.24, 2.45) is 5.92 Å². The van der Waals surface area contributed by atoms with Gasteiger partial charge in [0.05, 0.1) is 13.0 Å². The van der Waals surface area contributed by atoms with Crippen LogP contribution in [0.5, 0.6) is 5.75 Å². The van der Waals surface area contributed by atoms with Crippen molar-refractivity contribution in [1.82, 2.24) is 14.8 Å². The van der Waals surface area contributed by atoms with Gasteiger partial charge >= 0.3 is 5.97 Å². The third-order valence-corrected chi connectivity index (χ3v) is 4.40. The number of aromatic nitrogens is 3. The topological polar surface area (TPSA) is 66.2 Å². The van der Waals surface area contributed by atoms with E-state index in [1.165, 1.54) is 18.2 Å². The summed E-state index contributed by atoms with van der Waals surface area (Å²) in [5.74, 6) is 2.15. The van der Waals surface area contributed by atoms with Crippen LogP contribution in [0.3, 0.4) is 0 Å². The first-order valence-electron chi connectivity index (χ1n) is 7.77. The number of fused-ring (bicyclic) bond motifs is 1. The highest BCUT2D eigenvalue weighted by atomic mass is 16.5. The number of carbonyl (C=O) groups is 1. The largest absolute Gasteiger partial charge is 0.486 e. The van der Waals surface area contributed by atoms with E-state index in [1.807, 2.05) is 22.8 Å². The van der Waals surface area contributed by atoms with Crippen LogP contribution in [-0.4, -0.2) is 27.8 Å². The Labute approximate surface area is 135 Å². The second-order valence-electron chi connectivity index (χ2n) is 5.94. The lowest BCUT2D eigenvalue weighted by molar-refractivity contribution is -0.146. The van der Waals surface area contributed by atoms with E-state index in [4.69, 9.17) is 9.47 Å². The SMILES string of the molecule is COC(=O)C1CCc2nnc(COc3ccc(C)c(C)c3)n2C1. The van der Waals surface area contributed by atoms with E-state index in [-0.39, 0.29) is 11.9 Å². The van der Waals surface area contributed by atoms with Gasteiger partial charge in [0.15, 0.2) is 5.82 Å².